The van der Waals surface area contributed by atoms with Crippen molar-refractivity contribution in [2.45, 2.75) is 22.6 Å². The zero-order valence-corrected chi connectivity index (χ0v) is 18.2. The van der Waals surface area contributed by atoms with E-state index in [9.17, 15) is 16.8 Å². The number of halogens is 2. The topological polar surface area (TPSA) is 94.3 Å². The van der Waals surface area contributed by atoms with E-state index in [-0.39, 0.29) is 17.7 Å². The first kappa shape index (κ1) is 21.6. The highest BCUT2D eigenvalue weighted by Gasteiger charge is 2.32. The molecule has 2 N–H and O–H groups in total. The van der Waals surface area contributed by atoms with Crippen LogP contribution in [0.5, 0.6) is 0 Å². The summed E-state index contributed by atoms with van der Waals surface area (Å²) in [6.07, 6.45) is 0.485. The van der Waals surface area contributed by atoms with Crippen molar-refractivity contribution in [3.8, 4) is 0 Å². The van der Waals surface area contributed by atoms with Crippen LogP contribution >= 0.6 is 21.4 Å². The summed E-state index contributed by atoms with van der Waals surface area (Å²) in [7, 11) is 2.27. The third kappa shape index (κ3) is 5.11. The average Bonchev–Trinajstić information content (AvgIpc) is 2.63. The molecular formula is C20H17Cl2NO4S2. The lowest BCUT2D eigenvalue weighted by molar-refractivity contribution is 0.596. The quantitative estimate of drug-likeness (QED) is 0.428. The zero-order chi connectivity index (χ0) is 21.2. The van der Waals surface area contributed by atoms with Gasteiger partial charge >= 0.3 is 0 Å². The Labute approximate surface area is 178 Å². The number of rotatable bonds is 6. The Bertz CT molecular complexity index is 1240. The smallest absolute Gasteiger partial charge is 0.264 e. The Kier molecular flexibility index (Phi) is 6.24. The lowest BCUT2D eigenvalue weighted by Crippen LogP contribution is -2.13. The van der Waals surface area contributed by atoms with Crippen LogP contribution in [0.2, 0.25) is 0 Å². The van der Waals surface area contributed by atoms with Crippen molar-refractivity contribution >= 4 is 45.2 Å². The molecule has 0 saturated heterocycles. The molecule has 0 aliphatic carbocycles. The van der Waals surface area contributed by atoms with Gasteiger partial charge in [0.1, 0.15) is 9.79 Å². The number of nitrogens with two attached hydrogens (primary N) is 1. The lowest BCUT2D eigenvalue weighted by atomic mass is 9.94. The molecule has 0 heterocycles. The molecule has 3 rings (SSSR count). The average molecular weight is 470 g/mol. The summed E-state index contributed by atoms with van der Waals surface area (Å²) in [6, 6.07) is 19.8. The minimum atomic E-state index is -4.48. The predicted octanol–water partition coefficient (Wildman–Crippen LogP) is 4.31. The van der Waals surface area contributed by atoms with Gasteiger partial charge in [-0.2, -0.15) is 0 Å². The third-order valence-electron chi connectivity index (χ3n) is 4.41. The van der Waals surface area contributed by atoms with E-state index in [0.29, 0.717) is 12.0 Å². The first-order valence-electron chi connectivity index (χ1n) is 8.49. The van der Waals surface area contributed by atoms with E-state index in [1.165, 1.54) is 6.07 Å². The Balaban J connectivity index is 2.34. The van der Waals surface area contributed by atoms with Crippen molar-refractivity contribution in [3.63, 3.8) is 0 Å². The number of hydrogen-bond donors (Lipinski definition) is 1. The second kappa shape index (κ2) is 8.36. The molecule has 0 amide bonds. The van der Waals surface area contributed by atoms with Gasteiger partial charge in [0.15, 0.2) is 0 Å². The fourth-order valence-electron chi connectivity index (χ4n) is 3.23. The molecule has 0 saturated carbocycles. The molecule has 9 heteroatoms. The Hall–Kier alpha value is -2.06. The largest absolute Gasteiger partial charge is 0.398 e. The van der Waals surface area contributed by atoms with Gasteiger partial charge in [-0.05, 0) is 41.2 Å². The van der Waals surface area contributed by atoms with Crippen LogP contribution in [0.15, 0.2) is 76.5 Å². The van der Waals surface area contributed by atoms with Crippen molar-refractivity contribution in [3.05, 3.63) is 89.0 Å². The predicted molar refractivity (Wildman–Crippen MR) is 115 cm³/mol. The Morgan fingerprint density at radius 1 is 0.690 bits per heavy atom. The van der Waals surface area contributed by atoms with E-state index in [2.05, 4.69) is 0 Å². The maximum absolute atomic E-state index is 12.5. The highest BCUT2D eigenvalue weighted by Crippen LogP contribution is 2.38. The Morgan fingerprint density at radius 2 is 1.14 bits per heavy atom. The molecule has 0 bridgehead atoms. The molecule has 29 heavy (non-hydrogen) atoms. The lowest BCUT2D eigenvalue weighted by Gasteiger charge is -2.18. The number of hydrogen-bond acceptors (Lipinski definition) is 5. The summed E-state index contributed by atoms with van der Waals surface area (Å²) in [5.41, 5.74) is 8.17. The second-order valence-electron chi connectivity index (χ2n) is 6.46. The van der Waals surface area contributed by atoms with Gasteiger partial charge in [0.2, 0.25) is 0 Å². The molecule has 0 aromatic heterocycles. The molecule has 0 atom stereocenters. The molecule has 0 spiro atoms. The van der Waals surface area contributed by atoms with Crippen molar-refractivity contribution in [1.29, 1.82) is 0 Å². The van der Waals surface area contributed by atoms with Gasteiger partial charge in [-0.1, -0.05) is 60.7 Å². The number of anilines is 1. The van der Waals surface area contributed by atoms with Gasteiger partial charge in [0.05, 0.1) is 5.69 Å². The van der Waals surface area contributed by atoms with E-state index >= 15 is 0 Å². The monoisotopic (exact) mass is 469 g/mol. The summed E-state index contributed by atoms with van der Waals surface area (Å²) in [6.45, 7) is 0. The molecule has 3 aromatic rings. The van der Waals surface area contributed by atoms with Gasteiger partial charge in [0, 0.05) is 21.4 Å². The van der Waals surface area contributed by atoms with Crippen molar-refractivity contribution in [1.82, 2.24) is 0 Å². The van der Waals surface area contributed by atoms with Gasteiger partial charge in [0.25, 0.3) is 18.1 Å². The summed E-state index contributed by atoms with van der Waals surface area (Å²) >= 11 is 0. The molecule has 0 aliphatic rings. The van der Waals surface area contributed by atoms with Crippen LogP contribution in [0.25, 0.3) is 0 Å². The van der Waals surface area contributed by atoms with Crippen LogP contribution in [0.3, 0.4) is 0 Å². The first-order chi connectivity index (χ1) is 13.6. The molecule has 152 valence electrons. The molecular weight excluding hydrogens is 453 g/mol. The van der Waals surface area contributed by atoms with Crippen LogP contribution in [0, 0.1) is 0 Å². The minimum absolute atomic E-state index is 0.143. The van der Waals surface area contributed by atoms with E-state index in [1.54, 1.807) is 12.1 Å². The first-order valence-corrected chi connectivity index (χ1v) is 13.1. The van der Waals surface area contributed by atoms with Crippen LogP contribution < -0.4 is 5.73 Å². The zero-order valence-electron chi connectivity index (χ0n) is 15.0. The van der Waals surface area contributed by atoms with Crippen LogP contribution in [-0.2, 0) is 30.9 Å². The van der Waals surface area contributed by atoms with Crippen LogP contribution in [-0.4, -0.2) is 16.8 Å². The third-order valence-corrected chi connectivity index (χ3v) is 7.33. The van der Waals surface area contributed by atoms with Crippen LogP contribution in [0.1, 0.15) is 22.3 Å². The number of nitrogen functional groups attached to an aromatic ring is 1. The van der Waals surface area contributed by atoms with E-state index in [1.807, 2.05) is 48.5 Å². The molecule has 0 radical (unpaired) electrons. The molecule has 0 unspecified atom stereocenters. The van der Waals surface area contributed by atoms with Gasteiger partial charge < -0.3 is 5.73 Å². The summed E-state index contributed by atoms with van der Waals surface area (Å²) in [5, 5.41) is 0. The summed E-state index contributed by atoms with van der Waals surface area (Å²) < 4.78 is 49.2. The maximum Gasteiger partial charge on any atom is 0.264 e. The highest BCUT2D eigenvalue weighted by molar-refractivity contribution is 8.16. The second-order valence-corrected chi connectivity index (χ2v) is 11.5. The van der Waals surface area contributed by atoms with Gasteiger partial charge in [-0.15, -0.1) is 0 Å². The van der Waals surface area contributed by atoms with E-state index < -0.39 is 27.9 Å². The van der Waals surface area contributed by atoms with Crippen molar-refractivity contribution in [2.75, 3.05) is 5.73 Å². The Morgan fingerprint density at radius 3 is 1.59 bits per heavy atom. The molecule has 3 aromatic carbocycles. The van der Waals surface area contributed by atoms with Gasteiger partial charge in [-0.25, -0.2) is 16.8 Å². The molecule has 0 fully saturated rings. The number of benzene rings is 3. The summed E-state index contributed by atoms with van der Waals surface area (Å²) in [4.78, 5) is -1.25. The highest BCUT2D eigenvalue weighted by atomic mass is 35.7. The fraction of sp³-hybridized carbons (Fsp3) is 0.100. The van der Waals surface area contributed by atoms with E-state index in [0.717, 1.165) is 11.1 Å². The maximum atomic E-state index is 12.5. The minimum Gasteiger partial charge on any atom is -0.398 e. The van der Waals surface area contributed by atoms with Gasteiger partial charge in [-0.3, -0.25) is 0 Å². The van der Waals surface area contributed by atoms with Crippen molar-refractivity contribution in [2.24, 2.45) is 0 Å². The fourth-order valence-corrected chi connectivity index (χ4v) is 6.70. The molecule has 5 nitrogen and oxygen atoms in total. The SMILES string of the molecule is Nc1cc(Cc2ccccc2)c(Cc2ccccc2)c(S(=O)(=O)Cl)c1S(=O)(=O)Cl. The molecule has 0 aliphatic heterocycles. The summed E-state index contributed by atoms with van der Waals surface area (Å²) in [5.74, 6) is 0. The van der Waals surface area contributed by atoms with Crippen molar-refractivity contribution < 1.29 is 16.8 Å². The normalized spacial score (nSPS) is 12.1. The van der Waals surface area contributed by atoms with E-state index in [4.69, 9.17) is 27.1 Å². The standard InChI is InChI=1S/C20H17Cl2NO4S2/c21-28(24,25)19-17(12-15-9-5-2-6-10-15)16(11-14-7-3-1-4-8-14)13-18(23)20(19)29(22,26)27/h1-10,13H,11-12,23H2. The van der Waals surface area contributed by atoms with Crippen LogP contribution in [0.4, 0.5) is 5.69 Å².